The summed E-state index contributed by atoms with van der Waals surface area (Å²) in [5.41, 5.74) is 3.80. The highest BCUT2D eigenvalue weighted by Gasteiger charge is 2.14. The van der Waals surface area contributed by atoms with Gasteiger partial charge in [-0.05, 0) is 37.3 Å². The highest BCUT2D eigenvalue weighted by molar-refractivity contribution is 7.28. The van der Waals surface area contributed by atoms with Gasteiger partial charge in [0, 0.05) is 18.0 Å². The van der Waals surface area contributed by atoms with Crippen molar-refractivity contribution in [3.05, 3.63) is 53.3 Å². The van der Waals surface area contributed by atoms with Crippen LogP contribution >= 0.6 is 22.7 Å². The second-order valence-corrected chi connectivity index (χ2v) is 7.93. The molecule has 126 valence electrons. The van der Waals surface area contributed by atoms with Crippen LogP contribution in [0, 0.1) is 6.92 Å². The molecule has 3 heterocycles. The number of hydrogen-bond acceptors (Lipinski definition) is 7. The van der Waals surface area contributed by atoms with Crippen molar-refractivity contribution in [1.82, 2.24) is 19.9 Å². The predicted octanol–water partition coefficient (Wildman–Crippen LogP) is 4.41. The molecule has 0 aliphatic heterocycles. The van der Waals surface area contributed by atoms with Crippen molar-refractivity contribution < 1.29 is 4.79 Å². The summed E-state index contributed by atoms with van der Waals surface area (Å²) < 4.78 is 2.16. The lowest BCUT2D eigenvalue weighted by atomic mass is 10.2. The number of hydrogen-bond donors (Lipinski definition) is 1. The third-order valence-electron chi connectivity index (χ3n) is 3.97. The lowest BCUT2D eigenvalue weighted by Gasteiger charge is -2.02. The van der Waals surface area contributed by atoms with Crippen LogP contribution in [0.5, 0.6) is 0 Å². The van der Waals surface area contributed by atoms with Gasteiger partial charge in [0.15, 0.2) is 5.13 Å². The minimum atomic E-state index is -0.215. The normalized spacial score (nSPS) is 11.4. The zero-order valence-corrected chi connectivity index (χ0v) is 15.2. The highest BCUT2D eigenvalue weighted by Crippen LogP contribution is 2.35. The molecule has 0 unspecified atom stereocenters. The first-order valence-electron chi connectivity index (χ1n) is 7.86. The Morgan fingerprint density at radius 3 is 2.42 bits per heavy atom. The summed E-state index contributed by atoms with van der Waals surface area (Å²) in [5, 5.41) is 4.48. The standard InChI is InChI=1S/C18H11N5OS2/c1-9-21-12-4-5-13-16(15(12)25-9)26-18(22-13)23-17(24)10-2-3-11-14(8-10)20-7-6-19-11/h2-8H,1H3,(H,22,23,24). The third-order valence-corrected chi connectivity index (χ3v) is 6.11. The van der Waals surface area contributed by atoms with Crippen LogP contribution in [0.2, 0.25) is 0 Å². The van der Waals surface area contributed by atoms with E-state index in [0.717, 1.165) is 31.0 Å². The van der Waals surface area contributed by atoms with Gasteiger partial charge in [0.05, 0.1) is 36.5 Å². The first kappa shape index (κ1) is 15.3. The number of nitrogens with one attached hydrogen (secondary N) is 1. The number of thiazole rings is 2. The van der Waals surface area contributed by atoms with Crippen LogP contribution in [-0.4, -0.2) is 25.8 Å². The van der Waals surface area contributed by atoms with Gasteiger partial charge in [0.2, 0.25) is 0 Å². The van der Waals surface area contributed by atoms with E-state index in [-0.39, 0.29) is 5.91 Å². The van der Waals surface area contributed by atoms with Crippen LogP contribution in [-0.2, 0) is 0 Å². The predicted molar refractivity (Wildman–Crippen MR) is 105 cm³/mol. The van der Waals surface area contributed by atoms with E-state index in [1.807, 2.05) is 19.1 Å². The molecule has 0 bridgehead atoms. The monoisotopic (exact) mass is 377 g/mol. The molecule has 0 aliphatic rings. The van der Waals surface area contributed by atoms with Gasteiger partial charge in [-0.25, -0.2) is 9.97 Å². The van der Waals surface area contributed by atoms with Crippen LogP contribution in [0.15, 0.2) is 42.7 Å². The fourth-order valence-electron chi connectivity index (χ4n) is 2.81. The number of benzene rings is 2. The Hall–Kier alpha value is -2.97. The molecule has 5 rings (SSSR count). The molecule has 0 spiro atoms. The number of aryl methyl sites for hydroxylation is 1. The number of fused-ring (bicyclic) bond motifs is 4. The zero-order valence-electron chi connectivity index (χ0n) is 13.6. The van der Waals surface area contributed by atoms with Gasteiger partial charge in [0.25, 0.3) is 5.91 Å². The van der Waals surface area contributed by atoms with Crippen molar-refractivity contribution >= 4 is 65.2 Å². The van der Waals surface area contributed by atoms with E-state index in [0.29, 0.717) is 16.2 Å². The topological polar surface area (TPSA) is 80.7 Å². The molecule has 0 saturated carbocycles. The molecular formula is C18H11N5OS2. The van der Waals surface area contributed by atoms with Crippen molar-refractivity contribution in [2.24, 2.45) is 0 Å². The summed E-state index contributed by atoms with van der Waals surface area (Å²) >= 11 is 3.11. The number of carbonyl (C=O) groups is 1. The maximum Gasteiger partial charge on any atom is 0.257 e. The van der Waals surface area contributed by atoms with E-state index in [9.17, 15) is 4.79 Å². The summed E-state index contributed by atoms with van der Waals surface area (Å²) in [5.74, 6) is -0.215. The van der Waals surface area contributed by atoms with Gasteiger partial charge in [-0.2, -0.15) is 0 Å². The quantitative estimate of drug-likeness (QED) is 0.493. The Kier molecular flexibility index (Phi) is 3.41. The van der Waals surface area contributed by atoms with Crippen LogP contribution < -0.4 is 5.32 Å². The van der Waals surface area contributed by atoms with Gasteiger partial charge in [0.1, 0.15) is 0 Å². The Morgan fingerprint density at radius 1 is 0.885 bits per heavy atom. The van der Waals surface area contributed by atoms with Crippen molar-refractivity contribution in [3.63, 3.8) is 0 Å². The fourth-order valence-corrected chi connectivity index (χ4v) is 4.81. The fraction of sp³-hybridized carbons (Fsp3) is 0.0556. The maximum absolute atomic E-state index is 12.6. The van der Waals surface area contributed by atoms with E-state index in [2.05, 4.69) is 25.3 Å². The lowest BCUT2D eigenvalue weighted by molar-refractivity contribution is 0.102. The average molecular weight is 377 g/mol. The molecule has 0 aliphatic carbocycles. The largest absolute Gasteiger partial charge is 0.298 e. The van der Waals surface area contributed by atoms with Gasteiger partial charge >= 0.3 is 0 Å². The molecule has 0 fully saturated rings. The van der Waals surface area contributed by atoms with E-state index in [1.54, 1.807) is 41.9 Å². The number of anilines is 1. The third kappa shape index (κ3) is 2.51. The van der Waals surface area contributed by atoms with Crippen molar-refractivity contribution in [2.45, 2.75) is 6.92 Å². The Bertz CT molecular complexity index is 1310. The second-order valence-electron chi connectivity index (χ2n) is 5.73. The van der Waals surface area contributed by atoms with Gasteiger partial charge < -0.3 is 0 Å². The molecule has 8 heteroatoms. The molecular weight excluding hydrogens is 366 g/mol. The lowest BCUT2D eigenvalue weighted by Crippen LogP contribution is -2.11. The summed E-state index contributed by atoms with van der Waals surface area (Å²) in [6.45, 7) is 1.99. The SMILES string of the molecule is Cc1nc2ccc3nc(NC(=O)c4ccc5nccnc5c4)sc3c2s1. The minimum absolute atomic E-state index is 0.215. The Balaban J connectivity index is 1.51. The summed E-state index contributed by atoms with van der Waals surface area (Å²) in [6, 6.07) is 9.17. The van der Waals surface area contributed by atoms with Crippen molar-refractivity contribution in [1.29, 1.82) is 0 Å². The number of rotatable bonds is 2. The zero-order chi connectivity index (χ0) is 17.7. The van der Waals surface area contributed by atoms with Crippen LogP contribution in [0.1, 0.15) is 15.4 Å². The van der Waals surface area contributed by atoms with E-state index in [4.69, 9.17) is 0 Å². The van der Waals surface area contributed by atoms with Crippen molar-refractivity contribution in [2.75, 3.05) is 5.32 Å². The van der Waals surface area contributed by atoms with Crippen molar-refractivity contribution in [3.8, 4) is 0 Å². The summed E-state index contributed by atoms with van der Waals surface area (Å²) in [6.07, 6.45) is 3.24. The molecule has 1 N–H and O–H groups in total. The molecule has 3 aromatic heterocycles. The first-order chi connectivity index (χ1) is 12.7. The Labute approximate surface area is 155 Å². The summed E-state index contributed by atoms with van der Waals surface area (Å²) in [7, 11) is 0. The number of aromatic nitrogens is 4. The van der Waals surface area contributed by atoms with E-state index >= 15 is 0 Å². The average Bonchev–Trinajstić information content (AvgIpc) is 3.23. The van der Waals surface area contributed by atoms with Crippen LogP contribution in [0.4, 0.5) is 5.13 Å². The van der Waals surface area contributed by atoms with Gasteiger partial charge in [-0.15, -0.1) is 11.3 Å². The van der Waals surface area contributed by atoms with Crippen LogP contribution in [0.3, 0.4) is 0 Å². The summed E-state index contributed by atoms with van der Waals surface area (Å²) in [4.78, 5) is 30.1. The number of carbonyl (C=O) groups excluding carboxylic acids is 1. The number of nitrogens with zero attached hydrogens (tertiary/aromatic N) is 4. The molecule has 1 amide bonds. The molecule has 0 radical (unpaired) electrons. The molecule has 2 aromatic carbocycles. The van der Waals surface area contributed by atoms with Gasteiger partial charge in [-0.1, -0.05) is 11.3 Å². The smallest absolute Gasteiger partial charge is 0.257 e. The van der Waals surface area contributed by atoms with E-state index in [1.165, 1.54) is 11.3 Å². The minimum Gasteiger partial charge on any atom is -0.298 e. The second kappa shape index (κ2) is 5.79. The molecule has 5 aromatic rings. The maximum atomic E-state index is 12.6. The van der Waals surface area contributed by atoms with Gasteiger partial charge in [-0.3, -0.25) is 20.1 Å². The first-order valence-corrected chi connectivity index (χ1v) is 9.49. The Morgan fingerprint density at radius 2 is 1.58 bits per heavy atom. The molecule has 6 nitrogen and oxygen atoms in total. The molecule has 0 atom stereocenters. The van der Waals surface area contributed by atoms with E-state index < -0.39 is 0 Å². The molecule has 26 heavy (non-hydrogen) atoms. The highest BCUT2D eigenvalue weighted by atomic mass is 32.1. The van der Waals surface area contributed by atoms with Crippen LogP contribution in [0.25, 0.3) is 31.5 Å². The molecule has 0 saturated heterocycles. The number of amides is 1.